The minimum absolute atomic E-state index is 0.0643. The van der Waals surface area contributed by atoms with Gasteiger partial charge in [-0.15, -0.1) is 6.42 Å². The third kappa shape index (κ3) is 4.82. The highest BCUT2D eigenvalue weighted by molar-refractivity contribution is 9.10. The molecule has 1 rings (SSSR count). The molecule has 1 aromatic rings. The Morgan fingerprint density at radius 3 is 3.13 bits per heavy atom. The van der Waals surface area contributed by atoms with Gasteiger partial charge < -0.3 is 10.1 Å². The summed E-state index contributed by atoms with van der Waals surface area (Å²) in [6.07, 6.45) is 8.58. The minimum atomic E-state index is 0.0643. The van der Waals surface area contributed by atoms with Gasteiger partial charge in [0, 0.05) is 17.2 Å². The molecule has 3 nitrogen and oxygen atoms in total. The lowest BCUT2D eigenvalue weighted by molar-refractivity contribution is 0.218. The average molecular weight is 269 g/mol. The molecule has 0 radical (unpaired) electrons. The Bertz CT molecular complexity index is 349. The van der Waals surface area contributed by atoms with E-state index in [0.717, 1.165) is 16.8 Å². The van der Waals surface area contributed by atoms with Gasteiger partial charge in [-0.2, -0.15) is 0 Å². The first-order valence-corrected chi connectivity index (χ1v) is 5.43. The molecule has 80 valence electrons. The Morgan fingerprint density at radius 1 is 1.67 bits per heavy atom. The Labute approximate surface area is 98.4 Å². The highest BCUT2D eigenvalue weighted by atomic mass is 79.9. The summed E-state index contributed by atoms with van der Waals surface area (Å²) in [5.41, 5.74) is 0. The second-order valence-electron chi connectivity index (χ2n) is 3.10. The molecule has 0 aliphatic heterocycles. The molecule has 0 aliphatic carbocycles. The van der Waals surface area contributed by atoms with Crippen LogP contribution < -0.4 is 10.1 Å². The fraction of sp³-hybridized carbons (Fsp3) is 0.364. The van der Waals surface area contributed by atoms with E-state index in [9.17, 15) is 0 Å². The molecule has 0 bridgehead atoms. The number of hydrogen-bond donors (Lipinski definition) is 1. The number of rotatable bonds is 5. The van der Waals surface area contributed by atoms with Crippen LogP contribution >= 0.6 is 15.9 Å². The molecular weight excluding hydrogens is 256 g/mol. The lowest BCUT2D eigenvalue weighted by atomic mass is 10.4. The largest absolute Gasteiger partial charge is 0.488 e. The van der Waals surface area contributed by atoms with Crippen molar-refractivity contribution in [1.29, 1.82) is 0 Å². The second kappa shape index (κ2) is 6.44. The number of ether oxygens (including phenoxy) is 1. The third-order valence-corrected chi connectivity index (χ3v) is 2.11. The van der Waals surface area contributed by atoms with Crippen molar-refractivity contribution < 1.29 is 4.74 Å². The van der Waals surface area contributed by atoms with E-state index in [2.05, 4.69) is 32.2 Å². The topological polar surface area (TPSA) is 34.1 Å². The zero-order valence-electron chi connectivity index (χ0n) is 8.53. The maximum Gasteiger partial charge on any atom is 0.139 e. The molecule has 0 amide bonds. The van der Waals surface area contributed by atoms with E-state index in [4.69, 9.17) is 11.2 Å². The summed E-state index contributed by atoms with van der Waals surface area (Å²) >= 11 is 3.33. The zero-order valence-corrected chi connectivity index (χ0v) is 10.1. The van der Waals surface area contributed by atoms with E-state index in [1.165, 1.54) is 0 Å². The summed E-state index contributed by atoms with van der Waals surface area (Å²) in [7, 11) is 0. The van der Waals surface area contributed by atoms with Crippen molar-refractivity contribution in [3.8, 4) is 18.1 Å². The van der Waals surface area contributed by atoms with Gasteiger partial charge in [0.2, 0.25) is 0 Å². The van der Waals surface area contributed by atoms with E-state index < -0.39 is 0 Å². The van der Waals surface area contributed by atoms with Gasteiger partial charge in [-0.1, -0.05) is 5.92 Å². The first-order chi connectivity index (χ1) is 7.22. The second-order valence-corrected chi connectivity index (χ2v) is 4.02. The Hall–Kier alpha value is -1.05. The average Bonchev–Trinajstić information content (AvgIpc) is 2.18. The lowest BCUT2D eigenvalue weighted by Gasteiger charge is -2.14. The highest BCUT2D eigenvalue weighted by Gasteiger charge is 2.03. The number of hydrogen-bond acceptors (Lipinski definition) is 3. The van der Waals surface area contributed by atoms with Crippen LogP contribution in [0.3, 0.4) is 0 Å². The van der Waals surface area contributed by atoms with Crippen LogP contribution in [0.5, 0.6) is 5.75 Å². The van der Waals surface area contributed by atoms with Crippen molar-refractivity contribution in [2.24, 2.45) is 0 Å². The molecule has 0 fully saturated rings. The van der Waals surface area contributed by atoms with Gasteiger partial charge in [0.05, 0.1) is 12.7 Å². The molecular formula is C11H13BrN2O. The normalized spacial score (nSPS) is 11.8. The van der Waals surface area contributed by atoms with Gasteiger partial charge in [0.1, 0.15) is 11.9 Å². The monoisotopic (exact) mass is 268 g/mol. The van der Waals surface area contributed by atoms with Crippen molar-refractivity contribution >= 4 is 15.9 Å². The van der Waals surface area contributed by atoms with E-state index in [1.807, 2.05) is 13.0 Å². The van der Waals surface area contributed by atoms with Crippen molar-refractivity contribution in [1.82, 2.24) is 10.3 Å². The summed E-state index contributed by atoms with van der Waals surface area (Å²) in [6, 6.07) is 1.88. The smallest absolute Gasteiger partial charge is 0.139 e. The molecule has 0 saturated carbocycles. The van der Waals surface area contributed by atoms with E-state index in [-0.39, 0.29) is 6.10 Å². The molecule has 0 saturated heterocycles. The minimum Gasteiger partial charge on any atom is -0.488 e. The molecule has 0 aromatic carbocycles. The van der Waals surface area contributed by atoms with Crippen LogP contribution in [0.25, 0.3) is 0 Å². The molecule has 15 heavy (non-hydrogen) atoms. The highest BCUT2D eigenvalue weighted by Crippen LogP contribution is 2.16. The van der Waals surface area contributed by atoms with Crippen molar-refractivity contribution in [2.45, 2.75) is 13.0 Å². The Kier molecular flexibility index (Phi) is 5.16. The van der Waals surface area contributed by atoms with E-state index in [1.54, 1.807) is 12.4 Å². The molecule has 1 aromatic heterocycles. The summed E-state index contributed by atoms with van der Waals surface area (Å²) in [6.45, 7) is 3.26. The van der Waals surface area contributed by atoms with Crippen LogP contribution in [0.2, 0.25) is 0 Å². The predicted octanol–water partition coefficient (Wildman–Crippen LogP) is 1.83. The quantitative estimate of drug-likeness (QED) is 0.654. The van der Waals surface area contributed by atoms with Gasteiger partial charge in [-0.3, -0.25) is 4.98 Å². The van der Waals surface area contributed by atoms with Crippen molar-refractivity contribution in [3.05, 3.63) is 22.9 Å². The number of halogens is 1. The summed E-state index contributed by atoms with van der Waals surface area (Å²) in [5.74, 6) is 3.26. The zero-order chi connectivity index (χ0) is 11.1. The molecule has 0 aliphatic rings. The molecule has 1 unspecified atom stereocenters. The number of aromatic nitrogens is 1. The molecule has 4 heteroatoms. The summed E-state index contributed by atoms with van der Waals surface area (Å²) in [5, 5.41) is 3.08. The van der Waals surface area contributed by atoms with Crippen LogP contribution in [0.1, 0.15) is 6.92 Å². The number of nitrogens with zero attached hydrogens (tertiary/aromatic N) is 1. The third-order valence-electron chi connectivity index (χ3n) is 1.68. The molecule has 1 atom stereocenters. The van der Waals surface area contributed by atoms with Crippen LogP contribution in [-0.2, 0) is 0 Å². The lowest BCUT2D eigenvalue weighted by Crippen LogP contribution is -2.29. The van der Waals surface area contributed by atoms with E-state index >= 15 is 0 Å². The van der Waals surface area contributed by atoms with Gasteiger partial charge in [0.15, 0.2) is 0 Å². The SMILES string of the molecule is C#CCNCC(C)Oc1cncc(Br)c1. The molecule has 1 N–H and O–H groups in total. The Morgan fingerprint density at radius 2 is 2.47 bits per heavy atom. The first kappa shape index (κ1) is 12.0. The van der Waals surface area contributed by atoms with E-state index in [0.29, 0.717) is 6.54 Å². The predicted molar refractivity (Wildman–Crippen MR) is 63.7 cm³/mol. The Balaban J connectivity index is 2.38. The van der Waals surface area contributed by atoms with Gasteiger partial charge in [-0.25, -0.2) is 0 Å². The van der Waals surface area contributed by atoms with Gasteiger partial charge in [0.25, 0.3) is 0 Å². The van der Waals surface area contributed by atoms with Crippen LogP contribution in [0.4, 0.5) is 0 Å². The van der Waals surface area contributed by atoms with Gasteiger partial charge >= 0.3 is 0 Å². The standard InChI is InChI=1S/C11H13BrN2O/c1-3-4-13-6-9(2)15-11-5-10(12)7-14-8-11/h1,5,7-9,13H,4,6H2,2H3. The van der Waals surface area contributed by atoms with Gasteiger partial charge in [-0.05, 0) is 28.9 Å². The number of pyridine rings is 1. The molecule has 0 spiro atoms. The first-order valence-electron chi connectivity index (χ1n) is 4.63. The number of terminal acetylenes is 1. The fourth-order valence-corrected chi connectivity index (χ4v) is 1.42. The summed E-state index contributed by atoms with van der Waals surface area (Å²) < 4.78 is 6.52. The van der Waals surface area contributed by atoms with Crippen LogP contribution in [0.15, 0.2) is 22.9 Å². The van der Waals surface area contributed by atoms with Crippen LogP contribution in [0, 0.1) is 12.3 Å². The summed E-state index contributed by atoms with van der Waals surface area (Å²) in [4.78, 5) is 4.01. The maximum absolute atomic E-state index is 5.62. The molecule has 1 heterocycles. The maximum atomic E-state index is 5.62. The fourth-order valence-electron chi connectivity index (χ4n) is 1.08. The number of nitrogens with one attached hydrogen (secondary N) is 1. The van der Waals surface area contributed by atoms with Crippen molar-refractivity contribution in [3.63, 3.8) is 0 Å². The van der Waals surface area contributed by atoms with Crippen molar-refractivity contribution in [2.75, 3.05) is 13.1 Å². The van der Waals surface area contributed by atoms with Crippen LogP contribution in [-0.4, -0.2) is 24.2 Å².